The number of ether oxygens (including phenoxy) is 1. The molecule has 0 bridgehead atoms. The quantitative estimate of drug-likeness (QED) is 0.436. The summed E-state index contributed by atoms with van der Waals surface area (Å²) in [6.07, 6.45) is -0.647. The van der Waals surface area contributed by atoms with Crippen LogP contribution in [0, 0.1) is 5.92 Å². The van der Waals surface area contributed by atoms with Crippen molar-refractivity contribution in [3.05, 3.63) is 0 Å². The lowest BCUT2D eigenvalue weighted by Crippen LogP contribution is -2.20. The third-order valence-electron chi connectivity index (χ3n) is 0.987. The predicted octanol–water partition coefficient (Wildman–Crippen LogP) is 0.766. The van der Waals surface area contributed by atoms with E-state index in [1.54, 1.807) is 0 Å². The summed E-state index contributed by atoms with van der Waals surface area (Å²) in [7, 11) is 1.26. The summed E-state index contributed by atoms with van der Waals surface area (Å²) in [5.74, 6) is 0.381. The Morgan fingerprint density at radius 1 is 1.60 bits per heavy atom. The van der Waals surface area contributed by atoms with Gasteiger partial charge in [0.1, 0.15) is 5.84 Å². The topological polar surface area (TPSA) is 64.7 Å². The van der Waals surface area contributed by atoms with Gasteiger partial charge in [0.25, 0.3) is 0 Å². The molecule has 0 atom stereocenters. The molecule has 0 aliphatic rings. The summed E-state index contributed by atoms with van der Waals surface area (Å²) in [5, 5.41) is 0. The zero-order valence-electron chi connectivity index (χ0n) is 6.42. The summed E-state index contributed by atoms with van der Waals surface area (Å²) in [6, 6.07) is 0. The number of carbonyl (C=O) groups excluding carboxylic acids is 1. The van der Waals surface area contributed by atoms with E-state index in [9.17, 15) is 4.79 Å². The first kappa shape index (κ1) is 8.94. The summed E-state index contributed by atoms with van der Waals surface area (Å²) in [4.78, 5) is 13.9. The Morgan fingerprint density at radius 3 is 2.40 bits per heavy atom. The molecule has 0 saturated carbocycles. The van der Waals surface area contributed by atoms with Crippen molar-refractivity contribution in [2.24, 2.45) is 16.6 Å². The Kier molecular flexibility index (Phi) is 3.46. The maximum absolute atomic E-state index is 10.4. The van der Waals surface area contributed by atoms with Gasteiger partial charge in [-0.25, -0.2) is 4.79 Å². The van der Waals surface area contributed by atoms with Crippen LogP contribution in [0.15, 0.2) is 4.99 Å². The number of nitrogens with zero attached hydrogens (tertiary/aromatic N) is 1. The van der Waals surface area contributed by atoms with Crippen molar-refractivity contribution in [1.29, 1.82) is 0 Å². The number of amides is 1. The Hall–Kier alpha value is -1.06. The van der Waals surface area contributed by atoms with Gasteiger partial charge < -0.3 is 10.5 Å². The van der Waals surface area contributed by atoms with Gasteiger partial charge in [0.05, 0.1) is 7.11 Å². The number of methoxy groups -OCH3 is 1. The molecule has 0 saturated heterocycles. The number of aliphatic imine (C=N–C) groups is 1. The minimum Gasteiger partial charge on any atom is -0.451 e. The lowest BCUT2D eigenvalue weighted by atomic mass is 10.2. The van der Waals surface area contributed by atoms with Gasteiger partial charge in [-0.15, -0.1) is 0 Å². The molecule has 10 heavy (non-hydrogen) atoms. The Morgan fingerprint density at radius 2 is 2.10 bits per heavy atom. The molecule has 0 aliphatic carbocycles. The van der Waals surface area contributed by atoms with Crippen LogP contribution in [-0.4, -0.2) is 19.0 Å². The second kappa shape index (κ2) is 3.87. The SMILES string of the molecule is COC(=O)/N=C(\N)C(C)C. The maximum Gasteiger partial charge on any atom is 0.434 e. The highest BCUT2D eigenvalue weighted by Crippen LogP contribution is 1.92. The van der Waals surface area contributed by atoms with Crippen molar-refractivity contribution in [3.63, 3.8) is 0 Å². The molecule has 0 rings (SSSR count). The molecule has 58 valence electrons. The van der Waals surface area contributed by atoms with Crippen molar-refractivity contribution in [1.82, 2.24) is 0 Å². The first-order chi connectivity index (χ1) is 4.57. The Balaban J connectivity index is 4.03. The molecular weight excluding hydrogens is 132 g/mol. The van der Waals surface area contributed by atoms with Crippen molar-refractivity contribution < 1.29 is 9.53 Å². The molecule has 2 N–H and O–H groups in total. The van der Waals surface area contributed by atoms with Crippen molar-refractivity contribution in [3.8, 4) is 0 Å². The van der Waals surface area contributed by atoms with E-state index < -0.39 is 6.09 Å². The molecule has 1 amide bonds. The summed E-state index contributed by atoms with van der Waals surface area (Å²) < 4.78 is 4.26. The summed E-state index contributed by atoms with van der Waals surface area (Å²) >= 11 is 0. The maximum atomic E-state index is 10.4. The highest BCUT2D eigenvalue weighted by atomic mass is 16.5. The number of hydrogen-bond donors (Lipinski definition) is 1. The third kappa shape index (κ3) is 3.06. The lowest BCUT2D eigenvalue weighted by molar-refractivity contribution is 0.182. The molecule has 0 unspecified atom stereocenters. The fourth-order valence-corrected chi connectivity index (χ4v) is 0.280. The van der Waals surface area contributed by atoms with Gasteiger partial charge in [-0.2, -0.15) is 4.99 Å². The third-order valence-corrected chi connectivity index (χ3v) is 0.987. The predicted molar refractivity (Wildman–Crippen MR) is 38.9 cm³/mol. The van der Waals surface area contributed by atoms with E-state index in [0.717, 1.165) is 0 Å². The normalized spacial score (nSPS) is 11.8. The summed E-state index contributed by atoms with van der Waals surface area (Å²) in [6.45, 7) is 3.70. The zero-order chi connectivity index (χ0) is 8.15. The smallest absolute Gasteiger partial charge is 0.434 e. The first-order valence-corrected chi connectivity index (χ1v) is 3.00. The fraction of sp³-hybridized carbons (Fsp3) is 0.667. The number of carbonyl (C=O) groups is 1. The molecule has 0 aromatic rings. The van der Waals surface area contributed by atoms with Crippen LogP contribution in [0.3, 0.4) is 0 Å². The van der Waals surface area contributed by atoms with E-state index in [-0.39, 0.29) is 5.92 Å². The molecule has 0 spiro atoms. The van der Waals surface area contributed by atoms with Gasteiger partial charge in [0, 0.05) is 5.92 Å². The molecule has 4 nitrogen and oxygen atoms in total. The summed E-state index contributed by atoms with van der Waals surface area (Å²) in [5.41, 5.74) is 5.34. The molecule has 4 heteroatoms. The standard InChI is InChI=1S/C6H12N2O2/c1-4(2)5(7)8-6(9)10-3/h4H,1-3H3,(H2,7,8,9). The monoisotopic (exact) mass is 144 g/mol. The number of amidine groups is 1. The Labute approximate surface area is 60.1 Å². The molecule has 0 aromatic carbocycles. The number of rotatable bonds is 1. The van der Waals surface area contributed by atoms with Crippen LogP contribution >= 0.6 is 0 Å². The van der Waals surface area contributed by atoms with Crippen molar-refractivity contribution >= 4 is 11.9 Å². The Bertz CT molecular complexity index is 152. The van der Waals surface area contributed by atoms with Gasteiger partial charge in [-0.3, -0.25) is 0 Å². The minimum absolute atomic E-state index is 0.0825. The average Bonchev–Trinajstić information content (AvgIpc) is 1.87. The van der Waals surface area contributed by atoms with Gasteiger partial charge in [-0.1, -0.05) is 13.8 Å². The van der Waals surface area contributed by atoms with Crippen LogP contribution in [0.1, 0.15) is 13.8 Å². The van der Waals surface area contributed by atoms with E-state index >= 15 is 0 Å². The molecular formula is C6H12N2O2. The van der Waals surface area contributed by atoms with E-state index in [1.807, 2.05) is 13.8 Å². The van der Waals surface area contributed by atoms with Crippen LogP contribution in [0.25, 0.3) is 0 Å². The van der Waals surface area contributed by atoms with Gasteiger partial charge in [0.15, 0.2) is 0 Å². The largest absolute Gasteiger partial charge is 0.451 e. The van der Waals surface area contributed by atoms with Gasteiger partial charge in [-0.05, 0) is 0 Å². The zero-order valence-corrected chi connectivity index (χ0v) is 6.42. The molecule has 0 aliphatic heterocycles. The molecule has 0 radical (unpaired) electrons. The minimum atomic E-state index is -0.647. The first-order valence-electron chi connectivity index (χ1n) is 3.00. The highest BCUT2D eigenvalue weighted by Gasteiger charge is 2.01. The number of nitrogens with two attached hydrogens (primary N) is 1. The highest BCUT2D eigenvalue weighted by molar-refractivity contribution is 5.91. The van der Waals surface area contributed by atoms with Crippen molar-refractivity contribution in [2.45, 2.75) is 13.8 Å². The van der Waals surface area contributed by atoms with Crippen molar-refractivity contribution in [2.75, 3.05) is 7.11 Å². The van der Waals surface area contributed by atoms with Crippen LogP contribution in [0.4, 0.5) is 4.79 Å². The molecule has 0 fully saturated rings. The van der Waals surface area contributed by atoms with Gasteiger partial charge >= 0.3 is 6.09 Å². The second-order valence-corrected chi connectivity index (χ2v) is 2.16. The second-order valence-electron chi connectivity index (χ2n) is 2.16. The van der Waals surface area contributed by atoms with E-state index in [0.29, 0.717) is 5.84 Å². The molecule has 0 aromatic heterocycles. The van der Waals surface area contributed by atoms with E-state index in [1.165, 1.54) is 7.11 Å². The van der Waals surface area contributed by atoms with Crippen LogP contribution in [0.5, 0.6) is 0 Å². The van der Waals surface area contributed by atoms with Gasteiger partial charge in [0.2, 0.25) is 0 Å². The fourth-order valence-electron chi connectivity index (χ4n) is 0.280. The van der Waals surface area contributed by atoms with Crippen LogP contribution in [0.2, 0.25) is 0 Å². The van der Waals surface area contributed by atoms with Crippen LogP contribution in [-0.2, 0) is 4.74 Å². The van der Waals surface area contributed by atoms with E-state index in [4.69, 9.17) is 5.73 Å². The number of hydrogen-bond acceptors (Lipinski definition) is 2. The molecule has 0 heterocycles. The van der Waals surface area contributed by atoms with Crippen LogP contribution < -0.4 is 5.73 Å². The lowest BCUT2D eigenvalue weighted by Gasteiger charge is -2.00. The van der Waals surface area contributed by atoms with E-state index in [2.05, 4.69) is 9.73 Å². The average molecular weight is 144 g/mol.